The molecule has 0 fully saturated rings. The van der Waals surface area contributed by atoms with Crippen molar-refractivity contribution >= 4 is 17.7 Å². The van der Waals surface area contributed by atoms with Crippen molar-refractivity contribution in [1.82, 2.24) is 5.32 Å². The fraction of sp³-hybridized carbons (Fsp3) is 0.500. The van der Waals surface area contributed by atoms with Gasteiger partial charge in [0.15, 0.2) is 11.6 Å². The van der Waals surface area contributed by atoms with Crippen LogP contribution in [0.2, 0.25) is 0 Å². The zero-order valence-corrected chi connectivity index (χ0v) is 12.4. The van der Waals surface area contributed by atoms with Gasteiger partial charge >= 0.3 is 0 Å². The number of rotatable bonds is 7. The van der Waals surface area contributed by atoms with E-state index in [1.807, 2.05) is 13.8 Å². The van der Waals surface area contributed by atoms with Gasteiger partial charge in [0, 0.05) is 4.90 Å². The average molecular weight is 303 g/mol. The van der Waals surface area contributed by atoms with Crippen molar-refractivity contribution in [2.75, 3.05) is 12.4 Å². The molecule has 0 saturated heterocycles. The van der Waals surface area contributed by atoms with Gasteiger partial charge in [0.25, 0.3) is 0 Å². The number of hydrogen-bond acceptors (Lipinski definition) is 3. The largest absolute Gasteiger partial charge is 0.394 e. The topological polar surface area (TPSA) is 49.3 Å². The Labute approximate surface area is 121 Å². The first kappa shape index (κ1) is 16.9. The van der Waals surface area contributed by atoms with E-state index in [-0.39, 0.29) is 18.3 Å². The molecule has 0 heterocycles. The van der Waals surface area contributed by atoms with Crippen LogP contribution in [0, 0.1) is 11.6 Å². The molecule has 0 aliphatic heterocycles. The lowest BCUT2D eigenvalue weighted by Gasteiger charge is -2.30. The van der Waals surface area contributed by atoms with Gasteiger partial charge in [-0.15, -0.1) is 11.8 Å². The highest BCUT2D eigenvalue weighted by Gasteiger charge is 2.26. The molecule has 1 aromatic carbocycles. The molecule has 0 unspecified atom stereocenters. The molecule has 0 saturated carbocycles. The highest BCUT2D eigenvalue weighted by Crippen LogP contribution is 2.21. The Morgan fingerprint density at radius 3 is 2.45 bits per heavy atom. The second-order valence-corrected chi connectivity index (χ2v) is 5.61. The zero-order valence-electron chi connectivity index (χ0n) is 11.6. The van der Waals surface area contributed by atoms with Crippen LogP contribution in [0.3, 0.4) is 0 Å². The number of halogens is 2. The van der Waals surface area contributed by atoms with E-state index in [9.17, 15) is 18.7 Å². The van der Waals surface area contributed by atoms with Gasteiger partial charge in [0.05, 0.1) is 17.9 Å². The second kappa shape index (κ2) is 7.59. The van der Waals surface area contributed by atoms with Gasteiger partial charge in [0.1, 0.15) is 0 Å². The van der Waals surface area contributed by atoms with Crippen molar-refractivity contribution < 1.29 is 18.7 Å². The highest BCUT2D eigenvalue weighted by molar-refractivity contribution is 8.00. The summed E-state index contributed by atoms with van der Waals surface area (Å²) in [5.41, 5.74) is -0.605. The number of carbonyl (C=O) groups is 1. The van der Waals surface area contributed by atoms with Crippen molar-refractivity contribution in [3.05, 3.63) is 29.8 Å². The lowest BCUT2D eigenvalue weighted by Crippen LogP contribution is -2.51. The SMILES string of the molecule is CCC(CC)(CO)NC(=O)CSc1ccc(F)c(F)c1. The van der Waals surface area contributed by atoms with Gasteiger partial charge in [-0.1, -0.05) is 13.8 Å². The van der Waals surface area contributed by atoms with Crippen LogP contribution >= 0.6 is 11.8 Å². The molecule has 1 aromatic rings. The van der Waals surface area contributed by atoms with E-state index < -0.39 is 17.2 Å². The second-order valence-electron chi connectivity index (χ2n) is 4.56. The zero-order chi connectivity index (χ0) is 15.2. The minimum atomic E-state index is -0.928. The van der Waals surface area contributed by atoms with Crippen LogP contribution in [0.5, 0.6) is 0 Å². The molecule has 112 valence electrons. The third kappa shape index (κ3) is 4.45. The minimum Gasteiger partial charge on any atom is -0.394 e. The summed E-state index contributed by atoms with van der Waals surface area (Å²) in [5.74, 6) is -1.98. The van der Waals surface area contributed by atoms with Gasteiger partial charge in [-0.3, -0.25) is 4.79 Å². The molecule has 1 amide bonds. The Bertz CT molecular complexity index is 456. The monoisotopic (exact) mass is 303 g/mol. The molecule has 6 heteroatoms. The number of carbonyl (C=O) groups excluding carboxylic acids is 1. The Morgan fingerprint density at radius 1 is 1.30 bits per heavy atom. The van der Waals surface area contributed by atoms with Crippen molar-refractivity contribution in [2.24, 2.45) is 0 Å². The van der Waals surface area contributed by atoms with Gasteiger partial charge in [-0.25, -0.2) is 8.78 Å². The maximum atomic E-state index is 13.0. The number of hydrogen-bond donors (Lipinski definition) is 2. The lowest BCUT2D eigenvalue weighted by atomic mass is 9.94. The molecule has 1 rings (SSSR count). The van der Waals surface area contributed by atoms with E-state index in [1.54, 1.807) is 0 Å². The Morgan fingerprint density at radius 2 is 1.95 bits per heavy atom. The summed E-state index contributed by atoms with van der Waals surface area (Å²) < 4.78 is 25.8. The summed E-state index contributed by atoms with van der Waals surface area (Å²) in [7, 11) is 0. The first-order valence-electron chi connectivity index (χ1n) is 6.46. The molecule has 2 N–H and O–H groups in total. The Hall–Kier alpha value is -1.14. The fourth-order valence-electron chi connectivity index (χ4n) is 1.74. The quantitative estimate of drug-likeness (QED) is 0.762. The van der Waals surface area contributed by atoms with E-state index in [4.69, 9.17) is 0 Å². The van der Waals surface area contributed by atoms with Gasteiger partial charge in [0.2, 0.25) is 5.91 Å². The Balaban J connectivity index is 2.56. The molecular weight excluding hydrogens is 284 g/mol. The molecule has 3 nitrogen and oxygen atoms in total. The third-order valence-electron chi connectivity index (χ3n) is 3.32. The molecular formula is C14H19F2NO2S. The predicted octanol–water partition coefficient (Wildman–Crippen LogP) is 2.72. The van der Waals surface area contributed by atoms with Crippen LogP contribution in [0.15, 0.2) is 23.1 Å². The molecule has 0 aliphatic carbocycles. The van der Waals surface area contributed by atoms with E-state index in [2.05, 4.69) is 5.32 Å². The van der Waals surface area contributed by atoms with Gasteiger partial charge < -0.3 is 10.4 Å². The van der Waals surface area contributed by atoms with Crippen LogP contribution in [0.1, 0.15) is 26.7 Å². The minimum absolute atomic E-state index is 0.0901. The molecule has 0 radical (unpaired) electrons. The molecule has 0 bridgehead atoms. The molecule has 0 atom stereocenters. The van der Waals surface area contributed by atoms with Crippen molar-refractivity contribution in [1.29, 1.82) is 0 Å². The summed E-state index contributed by atoms with van der Waals surface area (Å²) >= 11 is 1.12. The van der Waals surface area contributed by atoms with Gasteiger partial charge in [-0.2, -0.15) is 0 Å². The first-order chi connectivity index (χ1) is 9.46. The van der Waals surface area contributed by atoms with Crippen LogP contribution in [-0.2, 0) is 4.79 Å². The van der Waals surface area contributed by atoms with E-state index >= 15 is 0 Å². The fourth-order valence-corrected chi connectivity index (χ4v) is 2.46. The average Bonchev–Trinajstić information content (AvgIpc) is 2.46. The smallest absolute Gasteiger partial charge is 0.230 e. The number of thioether (sulfide) groups is 1. The summed E-state index contributed by atoms with van der Waals surface area (Å²) in [5, 5.41) is 12.2. The number of aliphatic hydroxyl groups is 1. The summed E-state index contributed by atoms with van der Waals surface area (Å²) in [4.78, 5) is 12.3. The number of benzene rings is 1. The van der Waals surface area contributed by atoms with Crippen molar-refractivity contribution in [3.63, 3.8) is 0 Å². The van der Waals surface area contributed by atoms with E-state index in [1.165, 1.54) is 6.07 Å². The van der Waals surface area contributed by atoms with Crippen molar-refractivity contribution in [2.45, 2.75) is 37.1 Å². The van der Waals surface area contributed by atoms with Crippen LogP contribution in [0.25, 0.3) is 0 Å². The van der Waals surface area contributed by atoms with Crippen molar-refractivity contribution in [3.8, 4) is 0 Å². The first-order valence-corrected chi connectivity index (χ1v) is 7.44. The standard InChI is InChI=1S/C14H19F2NO2S/c1-3-14(4-2,9-18)17-13(19)8-20-10-5-6-11(15)12(16)7-10/h5-7,18H,3-4,8-9H2,1-2H3,(H,17,19). The number of nitrogens with one attached hydrogen (secondary N) is 1. The third-order valence-corrected chi connectivity index (χ3v) is 4.32. The normalized spacial score (nSPS) is 11.4. The van der Waals surface area contributed by atoms with Crippen LogP contribution in [0.4, 0.5) is 8.78 Å². The molecule has 0 spiro atoms. The number of aliphatic hydroxyl groups excluding tert-OH is 1. The summed E-state index contributed by atoms with van der Waals surface area (Å²) in [6, 6.07) is 3.52. The maximum absolute atomic E-state index is 13.0. The van der Waals surface area contributed by atoms with E-state index in [0.29, 0.717) is 17.7 Å². The van der Waals surface area contributed by atoms with E-state index in [0.717, 1.165) is 23.9 Å². The molecule has 0 aliphatic rings. The van der Waals surface area contributed by atoms with Gasteiger partial charge in [-0.05, 0) is 31.0 Å². The number of amides is 1. The molecule has 0 aromatic heterocycles. The van der Waals surface area contributed by atoms with Crippen LogP contribution < -0.4 is 5.32 Å². The summed E-state index contributed by atoms with van der Waals surface area (Å²) in [6.07, 6.45) is 1.25. The molecule has 20 heavy (non-hydrogen) atoms. The maximum Gasteiger partial charge on any atom is 0.230 e. The van der Waals surface area contributed by atoms with Crippen LogP contribution in [-0.4, -0.2) is 28.9 Å². The summed E-state index contributed by atoms with van der Waals surface area (Å²) in [6.45, 7) is 3.66. The lowest BCUT2D eigenvalue weighted by molar-refractivity contribution is -0.121. The Kier molecular flexibility index (Phi) is 6.42. The predicted molar refractivity (Wildman–Crippen MR) is 75.6 cm³/mol. The highest BCUT2D eigenvalue weighted by atomic mass is 32.2.